The standard InChI is InChI=1S/C16H24FNO/c1-11(10-18-16(2,3)4)7-14-9-12-8-13(17)5-6-15(12)19-14/h5-6,8,11,14,18H,7,9-10H2,1-4H3. The fourth-order valence-electron chi connectivity index (χ4n) is 2.43. The molecule has 1 aliphatic heterocycles. The van der Waals surface area contributed by atoms with E-state index in [-0.39, 0.29) is 17.5 Å². The van der Waals surface area contributed by atoms with Crippen LogP contribution in [-0.2, 0) is 6.42 Å². The number of fused-ring (bicyclic) bond motifs is 1. The van der Waals surface area contributed by atoms with Crippen LogP contribution >= 0.6 is 0 Å². The largest absolute Gasteiger partial charge is 0.490 e. The van der Waals surface area contributed by atoms with E-state index in [4.69, 9.17) is 4.74 Å². The second-order valence-electron chi connectivity index (χ2n) is 6.67. The molecule has 0 aliphatic carbocycles. The number of halogens is 1. The highest BCUT2D eigenvalue weighted by Gasteiger charge is 2.25. The Morgan fingerprint density at radius 3 is 2.84 bits per heavy atom. The van der Waals surface area contributed by atoms with Crippen molar-refractivity contribution in [1.82, 2.24) is 5.32 Å². The Balaban J connectivity index is 1.83. The van der Waals surface area contributed by atoms with E-state index in [0.717, 1.165) is 30.7 Å². The summed E-state index contributed by atoms with van der Waals surface area (Å²) >= 11 is 0. The van der Waals surface area contributed by atoms with Crippen molar-refractivity contribution < 1.29 is 9.13 Å². The molecule has 2 nitrogen and oxygen atoms in total. The molecule has 0 saturated heterocycles. The first-order valence-corrected chi connectivity index (χ1v) is 7.03. The predicted octanol–water partition coefficient (Wildman–Crippen LogP) is 3.54. The lowest BCUT2D eigenvalue weighted by atomic mass is 9.98. The van der Waals surface area contributed by atoms with Gasteiger partial charge < -0.3 is 10.1 Å². The summed E-state index contributed by atoms with van der Waals surface area (Å²) in [5.74, 6) is 1.22. The molecule has 19 heavy (non-hydrogen) atoms. The predicted molar refractivity (Wildman–Crippen MR) is 76.1 cm³/mol. The molecule has 106 valence electrons. The molecule has 0 aromatic heterocycles. The average molecular weight is 265 g/mol. The van der Waals surface area contributed by atoms with Gasteiger partial charge in [0.1, 0.15) is 17.7 Å². The van der Waals surface area contributed by atoms with Gasteiger partial charge in [0, 0.05) is 17.5 Å². The molecule has 2 unspecified atom stereocenters. The summed E-state index contributed by atoms with van der Waals surface area (Å²) in [5.41, 5.74) is 1.15. The Labute approximate surface area is 115 Å². The van der Waals surface area contributed by atoms with Gasteiger partial charge in [-0.25, -0.2) is 4.39 Å². The minimum absolute atomic E-state index is 0.150. The van der Waals surface area contributed by atoms with Crippen molar-refractivity contribution in [1.29, 1.82) is 0 Å². The van der Waals surface area contributed by atoms with Crippen LogP contribution in [0, 0.1) is 11.7 Å². The van der Waals surface area contributed by atoms with Gasteiger partial charge in [-0.05, 0) is 57.9 Å². The van der Waals surface area contributed by atoms with Crippen LogP contribution in [0.25, 0.3) is 0 Å². The first-order chi connectivity index (χ1) is 8.83. The smallest absolute Gasteiger partial charge is 0.123 e. The van der Waals surface area contributed by atoms with Crippen molar-refractivity contribution in [2.75, 3.05) is 6.54 Å². The van der Waals surface area contributed by atoms with Crippen LogP contribution in [-0.4, -0.2) is 18.2 Å². The van der Waals surface area contributed by atoms with Crippen LogP contribution < -0.4 is 10.1 Å². The topological polar surface area (TPSA) is 21.3 Å². The highest BCUT2D eigenvalue weighted by Crippen LogP contribution is 2.31. The zero-order valence-corrected chi connectivity index (χ0v) is 12.3. The first-order valence-electron chi connectivity index (χ1n) is 7.03. The maximum absolute atomic E-state index is 13.1. The van der Waals surface area contributed by atoms with Gasteiger partial charge in [-0.15, -0.1) is 0 Å². The summed E-state index contributed by atoms with van der Waals surface area (Å²) in [6, 6.07) is 4.79. The van der Waals surface area contributed by atoms with E-state index in [2.05, 4.69) is 33.0 Å². The minimum atomic E-state index is -0.176. The average Bonchev–Trinajstić information content (AvgIpc) is 2.66. The van der Waals surface area contributed by atoms with Crippen LogP contribution in [0.5, 0.6) is 5.75 Å². The highest BCUT2D eigenvalue weighted by molar-refractivity contribution is 5.37. The monoisotopic (exact) mass is 265 g/mol. The van der Waals surface area contributed by atoms with Crippen molar-refractivity contribution in [3.8, 4) is 5.75 Å². The molecular formula is C16H24FNO. The number of hydrogen-bond donors (Lipinski definition) is 1. The molecule has 1 N–H and O–H groups in total. The third-order valence-electron chi connectivity index (χ3n) is 3.41. The molecule has 1 aromatic carbocycles. The third kappa shape index (κ3) is 4.20. The SMILES string of the molecule is CC(CNC(C)(C)C)CC1Cc2cc(F)ccc2O1. The molecule has 0 radical (unpaired) electrons. The van der Waals surface area contributed by atoms with E-state index in [1.807, 2.05) is 0 Å². The molecule has 0 amide bonds. The summed E-state index contributed by atoms with van der Waals surface area (Å²) in [5, 5.41) is 3.51. The maximum Gasteiger partial charge on any atom is 0.123 e. The van der Waals surface area contributed by atoms with Crippen molar-refractivity contribution in [2.24, 2.45) is 5.92 Å². The second-order valence-corrected chi connectivity index (χ2v) is 6.67. The molecule has 0 bridgehead atoms. The van der Waals surface area contributed by atoms with E-state index in [1.165, 1.54) is 6.07 Å². The van der Waals surface area contributed by atoms with Gasteiger partial charge in [0.15, 0.2) is 0 Å². The molecule has 0 saturated carbocycles. The van der Waals surface area contributed by atoms with Crippen LogP contribution in [0.3, 0.4) is 0 Å². The Morgan fingerprint density at radius 2 is 2.16 bits per heavy atom. The van der Waals surface area contributed by atoms with Crippen molar-refractivity contribution in [3.63, 3.8) is 0 Å². The molecule has 2 atom stereocenters. The van der Waals surface area contributed by atoms with Crippen LogP contribution in [0.1, 0.15) is 39.7 Å². The van der Waals surface area contributed by atoms with Crippen LogP contribution in [0.2, 0.25) is 0 Å². The van der Waals surface area contributed by atoms with Gasteiger partial charge in [0.2, 0.25) is 0 Å². The first kappa shape index (κ1) is 14.3. The number of benzene rings is 1. The summed E-state index contributed by atoms with van der Waals surface area (Å²) in [7, 11) is 0. The Morgan fingerprint density at radius 1 is 1.42 bits per heavy atom. The van der Waals surface area contributed by atoms with E-state index >= 15 is 0 Å². The zero-order valence-electron chi connectivity index (χ0n) is 12.3. The fraction of sp³-hybridized carbons (Fsp3) is 0.625. The molecule has 1 aromatic rings. The molecular weight excluding hydrogens is 241 g/mol. The molecule has 1 heterocycles. The van der Waals surface area contributed by atoms with Crippen LogP contribution in [0.4, 0.5) is 4.39 Å². The quantitative estimate of drug-likeness (QED) is 0.899. The Kier molecular flexibility index (Phi) is 4.14. The summed E-state index contributed by atoms with van der Waals surface area (Å²) in [4.78, 5) is 0. The summed E-state index contributed by atoms with van der Waals surface area (Å²) < 4.78 is 19.0. The number of hydrogen-bond acceptors (Lipinski definition) is 2. The van der Waals surface area contributed by atoms with E-state index in [0.29, 0.717) is 5.92 Å². The van der Waals surface area contributed by atoms with E-state index in [1.54, 1.807) is 12.1 Å². The second kappa shape index (κ2) is 5.49. The van der Waals surface area contributed by atoms with E-state index < -0.39 is 0 Å². The van der Waals surface area contributed by atoms with Gasteiger partial charge >= 0.3 is 0 Å². The number of rotatable bonds is 4. The minimum Gasteiger partial charge on any atom is -0.490 e. The Bertz CT molecular complexity index is 439. The third-order valence-corrected chi connectivity index (χ3v) is 3.41. The lowest BCUT2D eigenvalue weighted by Crippen LogP contribution is -2.39. The van der Waals surface area contributed by atoms with Gasteiger partial charge in [-0.2, -0.15) is 0 Å². The molecule has 0 spiro atoms. The number of nitrogens with one attached hydrogen (secondary N) is 1. The lowest BCUT2D eigenvalue weighted by molar-refractivity contribution is 0.193. The van der Waals surface area contributed by atoms with Crippen molar-refractivity contribution in [2.45, 2.75) is 52.2 Å². The number of ether oxygens (including phenoxy) is 1. The Hall–Kier alpha value is -1.09. The fourth-order valence-corrected chi connectivity index (χ4v) is 2.43. The molecule has 0 fully saturated rings. The molecule has 3 heteroatoms. The summed E-state index contributed by atoms with van der Waals surface area (Å²) in [6.45, 7) is 9.72. The van der Waals surface area contributed by atoms with Gasteiger partial charge in [-0.1, -0.05) is 6.92 Å². The van der Waals surface area contributed by atoms with Gasteiger partial charge in [0.25, 0.3) is 0 Å². The molecule has 1 aliphatic rings. The van der Waals surface area contributed by atoms with Crippen molar-refractivity contribution >= 4 is 0 Å². The lowest BCUT2D eigenvalue weighted by Gasteiger charge is -2.24. The van der Waals surface area contributed by atoms with Crippen molar-refractivity contribution in [3.05, 3.63) is 29.6 Å². The normalized spacial score (nSPS) is 19.9. The van der Waals surface area contributed by atoms with Gasteiger partial charge in [0.05, 0.1) is 0 Å². The molecule has 2 rings (SSSR count). The van der Waals surface area contributed by atoms with Crippen LogP contribution in [0.15, 0.2) is 18.2 Å². The zero-order chi connectivity index (χ0) is 14.0. The maximum atomic E-state index is 13.1. The highest BCUT2D eigenvalue weighted by atomic mass is 19.1. The van der Waals surface area contributed by atoms with E-state index in [9.17, 15) is 4.39 Å². The summed E-state index contributed by atoms with van der Waals surface area (Å²) in [6.07, 6.45) is 2.01. The van der Waals surface area contributed by atoms with Gasteiger partial charge in [-0.3, -0.25) is 0 Å².